The fourth-order valence-corrected chi connectivity index (χ4v) is 1.72. The van der Waals surface area contributed by atoms with Gasteiger partial charge in [0.2, 0.25) is 0 Å². The summed E-state index contributed by atoms with van der Waals surface area (Å²) in [5.74, 6) is -1.20. The number of furan rings is 1. The number of hydrogen-bond acceptors (Lipinski definition) is 6. The molecule has 7 nitrogen and oxygen atoms in total. The Balaban J connectivity index is 1.92. The summed E-state index contributed by atoms with van der Waals surface area (Å²) in [4.78, 5) is 23.5. The molecular formula is C17H11N3O4. The molecule has 118 valence electrons. The van der Waals surface area contributed by atoms with Crippen molar-refractivity contribution in [1.29, 1.82) is 10.5 Å². The van der Waals surface area contributed by atoms with Gasteiger partial charge in [0.1, 0.15) is 17.4 Å². The maximum Gasteiger partial charge on any atom is 0.349 e. The second-order valence-corrected chi connectivity index (χ2v) is 4.50. The molecule has 0 fully saturated rings. The number of rotatable bonds is 5. The molecule has 2 aromatic rings. The van der Waals surface area contributed by atoms with Crippen LogP contribution in [0.25, 0.3) is 6.08 Å². The Labute approximate surface area is 137 Å². The molecule has 0 saturated heterocycles. The van der Waals surface area contributed by atoms with Gasteiger partial charge in [0, 0.05) is 11.8 Å². The molecule has 7 heteroatoms. The molecule has 1 aromatic heterocycles. The average molecular weight is 321 g/mol. The number of hydrogen-bond donors (Lipinski definition) is 1. The Bertz CT molecular complexity index is 855. The Morgan fingerprint density at radius 3 is 2.75 bits per heavy atom. The van der Waals surface area contributed by atoms with E-state index in [2.05, 4.69) is 5.32 Å². The van der Waals surface area contributed by atoms with Crippen molar-refractivity contribution in [3.63, 3.8) is 0 Å². The highest BCUT2D eigenvalue weighted by atomic mass is 16.5. The number of esters is 1. The van der Waals surface area contributed by atoms with Gasteiger partial charge >= 0.3 is 5.97 Å². The number of nitriles is 2. The summed E-state index contributed by atoms with van der Waals surface area (Å²) in [6.07, 6.45) is 2.62. The average Bonchev–Trinajstić information content (AvgIpc) is 3.11. The number of amides is 1. The van der Waals surface area contributed by atoms with Crippen molar-refractivity contribution in [2.45, 2.75) is 0 Å². The Kier molecular flexibility index (Phi) is 5.49. The Morgan fingerprint density at radius 1 is 1.25 bits per heavy atom. The van der Waals surface area contributed by atoms with Crippen molar-refractivity contribution in [2.24, 2.45) is 0 Å². The molecule has 0 saturated carbocycles. The summed E-state index contributed by atoms with van der Waals surface area (Å²) in [5.41, 5.74) is 0.504. The third kappa shape index (κ3) is 4.58. The van der Waals surface area contributed by atoms with Gasteiger partial charge in [-0.1, -0.05) is 6.07 Å². The molecule has 2 rings (SSSR count). The van der Waals surface area contributed by atoms with Crippen molar-refractivity contribution < 1.29 is 18.7 Å². The van der Waals surface area contributed by atoms with Gasteiger partial charge < -0.3 is 14.5 Å². The number of carbonyl (C=O) groups excluding carboxylic acids is 2. The van der Waals surface area contributed by atoms with Crippen molar-refractivity contribution >= 4 is 23.6 Å². The normalized spacial score (nSPS) is 10.3. The standard InChI is InChI=1S/C17H11N3O4/c18-9-12-3-1-4-14(7-12)20-16(21)11-24-17(22)13(10-19)8-15-5-2-6-23-15/h1-8H,11H2,(H,20,21)/b13-8+. The highest BCUT2D eigenvalue weighted by molar-refractivity contribution is 5.99. The first-order valence-corrected chi connectivity index (χ1v) is 6.75. The highest BCUT2D eigenvalue weighted by Gasteiger charge is 2.14. The maximum absolute atomic E-state index is 11.8. The molecule has 0 bridgehead atoms. The molecule has 24 heavy (non-hydrogen) atoms. The lowest BCUT2D eigenvalue weighted by molar-refractivity contribution is -0.142. The molecule has 0 unspecified atom stereocenters. The van der Waals surface area contributed by atoms with Crippen LogP contribution in [-0.4, -0.2) is 18.5 Å². The zero-order chi connectivity index (χ0) is 17.4. The monoisotopic (exact) mass is 321 g/mol. The lowest BCUT2D eigenvalue weighted by Gasteiger charge is -2.06. The predicted octanol–water partition coefficient (Wildman–Crippen LogP) is 2.24. The van der Waals surface area contributed by atoms with E-state index in [-0.39, 0.29) is 5.57 Å². The first-order chi connectivity index (χ1) is 11.6. The zero-order valence-electron chi connectivity index (χ0n) is 12.4. The van der Waals surface area contributed by atoms with Crippen LogP contribution < -0.4 is 5.32 Å². The maximum atomic E-state index is 11.8. The first-order valence-electron chi connectivity index (χ1n) is 6.75. The number of nitrogens with zero attached hydrogens (tertiary/aromatic N) is 2. The fraction of sp³-hybridized carbons (Fsp3) is 0.0588. The SMILES string of the molecule is N#C/C(=C\c1ccco1)C(=O)OCC(=O)Nc1cccc(C#N)c1. The lowest BCUT2D eigenvalue weighted by Crippen LogP contribution is -2.21. The van der Waals surface area contributed by atoms with Gasteiger partial charge in [0.05, 0.1) is 17.9 Å². The van der Waals surface area contributed by atoms with Crippen LogP contribution in [0.1, 0.15) is 11.3 Å². The van der Waals surface area contributed by atoms with Gasteiger partial charge in [-0.2, -0.15) is 10.5 Å². The van der Waals surface area contributed by atoms with Crippen LogP contribution in [0, 0.1) is 22.7 Å². The van der Waals surface area contributed by atoms with E-state index in [1.807, 2.05) is 6.07 Å². The molecule has 0 spiro atoms. The molecule has 0 aliphatic carbocycles. The summed E-state index contributed by atoms with van der Waals surface area (Å²) in [6.45, 7) is -0.563. The van der Waals surface area contributed by atoms with Crippen LogP contribution >= 0.6 is 0 Å². The van der Waals surface area contributed by atoms with Crippen LogP contribution in [0.3, 0.4) is 0 Å². The fourth-order valence-electron chi connectivity index (χ4n) is 1.72. The quantitative estimate of drug-likeness (QED) is 0.513. The number of anilines is 1. The van der Waals surface area contributed by atoms with Crippen LogP contribution in [0.5, 0.6) is 0 Å². The molecule has 0 aliphatic rings. The molecule has 1 aromatic carbocycles. The number of benzene rings is 1. The van der Waals surface area contributed by atoms with E-state index in [0.717, 1.165) is 0 Å². The van der Waals surface area contributed by atoms with Crippen LogP contribution in [0.4, 0.5) is 5.69 Å². The molecule has 0 radical (unpaired) electrons. The van der Waals surface area contributed by atoms with Gasteiger partial charge in [0.25, 0.3) is 5.91 Å². The Hall–Kier alpha value is -3.84. The number of nitrogens with one attached hydrogen (secondary N) is 1. The largest absolute Gasteiger partial charge is 0.465 e. The lowest BCUT2D eigenvalue weighted by atomic mass is 10.2. The van der Waals surface area contributed by atoms with Gasteiger partial charge in [-0.05, 0) is 30.3 Å². The smallest absolute Gasteiger partial charge is 0.349 e. The van der Waals surface area contributed by atoms with E-state index in [4.69, 9.17) is 19.7 Å². The van der Waals surface area contributed by atoms with Gasteiger partial charge in [-0.25, -0.2) is 4.79 Å². The zero-order valence-corrected chi connectivity index (χ0v) is 12.4. The van der Waals surface area contributed by atoms with E-state index in [9.17, 15) is 9.59 Å². The molecule has 0 aliphatic heterocycles. The molecular weight excluding hydrogens is 310 g/mol. The summed E-state index contributed by atoms with van der Waals surface area (Å²) < 4.78 is 9.79. The van der Waals surface area contributed by atoms with E-state index >= 15 is 0 Å². The minimum Gasteiger partial charge on any atom is -0.465 e. The third-order valence-electron chi connectivity index (χ3n) is 2.78. The molecule has 1 amide bonds. The predicted molar refractivity (Wildman–Crippen MR) is 83.0 cm³/mol. The van der Waals surface area contributed by atoms with Gasteiger partial charge in [-0.3, -0.25) is 4.79 Å². The van der Waals surface area contributed by atoms with Crippen LogP contribution in [0.2, 0.25) is 0 Å². The summed E-state index contributed by atoms with van der Waals surface area (Å²) in [7, 11) is 0. The van der Waals surface area contributed by atoms with Crippen LogP contribution in [-0.2, 0) is 14.3 Å². The van der Waals surface area contributed by atoms with Gasteiger partial charge in [0.15, 0.2) is 6.61 Å². The molecule has 0 atom stereocenters. The van der Waals surface area contributed by atoms with Crippen molar-refractivity contribution in [2.75, 3.05) is 11.9 Å². The molecule has 1 N–H and O–H groups in total. The molecule has 1 heterocycles. The first kappa shape index (κ1) is 16.5. The second-order valence-electron chi connectivity index (χ2n) is 4.50. The second kappa shape index (κ2) is 7.97. The van der Waals surface area contributed by atoms with E-state index in [1.54, 1.807) is 36.4 Å². The van der Waals surface area contributed by atoms with Crippen molar-refractivity contribution in [1.82, 2.24) is 0 Å². The van der Waals surface area contributed by atoms with E-state index in [1.165, 1.54) is 18.4 Å². The van der Waals surface area contributed by atoms with Crippen molar-refractivity contribution in [3.05, 3.63) is 59.6 Å². The Morgan fingerprint density at radius 2 is 2.08 bits per heavy atom. The minimum atomic E-state index is -0.935. The van der Waals surface area contributed by atoms with E-state index in [0.29, 0.717) is 17.0 Å². The number of carbonyl (C=O) groups is 2. The van der Waals surface area contributed by atoms with Gasteiger partial charge in [-0.15, -0.1) is 0 Å². The minimum absolute atomic E-state index is 0.288. The summed E-state index contributed by atoms with van der Waals surface area (Å²) in [5, 5.41) is 20.2. The number of ether oxygens (including phenoxy) is 1. The summed E-state index contributed by atoms with van der Waals surface area (Å²) >= 11 is 0. The topological polar surface area (TPSA) is 116 Å². The van der Waals surface area contributed by atoms with Crippen molar-refractivity contribution in [3.8, 4) is 12.1 Å². The highest BCUT2D eigenvalue weighted by Crippen LogP contribution is 2.10. The van der Waals surface area contributed by atoms with E-state index < -0.39 is 18.5 Å². The third-order valence-corrected chi connectivity index (χ3v) is 2.78. The van der Waals surface area contributed by atoms with Crippen LogP contribution in [0.15, 0.2) is 52.7 Å². The summed E-state index contributed by atoms with van der Waals surface area (Å²) in [6, 6.07) is 13.1.